The summed E-state index contributed by atoms with van der Waals surface area (Å²) in [5, 5.41) is 19.5. The SMILES string of the molecule is CC(C)C1=C2[C@H]3CC[C@@H]4[C@@]5(C)CC[C@H](OC(=O)CC(C)(C)C(=O)O)C(C)(C)[C@@H]5CC[C@@]4(C)[C@]3(C)CC[C@@]2(c2nnc(N(CCN(C)C)c3ncc(Cl)cn3)o2)CC1=O. The highest BCUT2D eigenvalue weighted by molar-refractivity contribution is 6.30. The molecule has 0 aromatic carbocycles. The molecule has 7 rings (SSSR count). The van der Waals surface area contributed by atoms with Crippen LogP contribution in [0.1, 0.15) is 132 Å². The van der Waals surface area contributed by atoms with Crippen LogP contribution in [-0.2, 0) is 24.5 Å². The van der Waals surface area contributed by atoms with Crippen molar-refractivity contribution >= 4 is 41.3 Å². The number of allylic oxidation sites excluding steroid dienone is 2. The van der Waals surface area contributed by atoms with E-state index in [1.54, 1.807) is 26.2 Å². The van der Waals surface area contributed by atoms with Crippen LogP contribution in [0.15, 0.2) is 28.0 Å². The topological polar surface area (TPSA) is 152 Å². The first-order chi connectivity index (χ1) is 27.0. The fourth-order valence-electron chi connectivity index (χ4n) is 13.2. The van der Waals surface area contributed by atoms with Gasteiger partial charge in [-0.25, -0.2) is 9.97 Å². The third-order valence-corrected chi connectivity index (χ3v) is 16.7. The summed E-state index contributed by atoms with van der Waals surface area (Å²) in [4.78, 5) is 52.2. The predicted molar refractivity (Wildman–Crippen MR) is 221 cm³/mol. The van der Waals surface area contributed by atoms with Crippen molar-refractivity contribution in [1.29, 1.82) is 0 Å². The number of nitrogens with zero attached hydrogens (tertiary/aromatic N) is 6. The van der Waals surface area contributed by atoms with E-state index in [4.69, 9.17) is 25.9 Å². The number of aromatic nitrogens is 4. The Morgan fingerprint density at radius 2 is 1.64 bits per heavy atom. The summed E-state index contributed by atoms with van der Waals surface area (Å²) in [6.07, 6.45) is 10.6. The van der Waals surface area contributed by atoms with Crippen LogP contribution >= 0.6 is 11.6 Å². The number of aliphatic carboxylic acids is 1. The summed E-state index contributed by atoms with van der Waals surface area (Å²) in [7, 11) is 4.01. The molecule has 12 nitrogen and oxygen atoms in total. The molecule has 2 heterocycles. The lowest BCUT2D eigenvalue weighted by Gasteiger charge is -2.72. The molecule has 0 bridgehead atoms. The van der Waals surface area contributed by atoms with Crippen molar-refractivity contribution < 1.29 is 28.6 Å². The van der Waals surface area contributed by atoms with Crippen LogP contribution in [-0.4, -0.2) is 81.2 Å². The smallest absolute Gasteiger partial charge is 0.325 e. The zero-order valence-corrected chi connectivity index (χ0v) is 37.3. The van der Waals surface area contributed by atoms with E-state index < -0.39 is 22.8 Å². The molecular formula is C45H65ClN6O6. The Morgan fingerprint density at radius 3 is 2.28 bits per heavy atom. The number of fused-ring (bicyclic) bond motifs is 7. The minimum absolute atomic E-state index is 0.00800. The second-order valence-electron chi connectivity index (χ2n) is 21.0. The Kier molecular flexibility index (Phi) is 10.8. The van der Waals surface area contributed by atoms with E-state index in [1.807, 2.05) is 19.0 Å². The number of likely N-dealkylation sites (N-methyl/N-ethyl adjacent to an activating group) is 1. The lowest BCUT2D eigenvalue weighted by molar-refractivity contribution is -0.232. The molecule has 4 fully saturated rings. The summed E-state index contributed by atoms with van der Waals surface area (Å²) < 4.78 is 12.9. The zero-order chi connectivity index (χ0) is 42.4. The molecule has 0 saturated heterocycles. The predicted octanol–water partition coefficient (Wildman–Crippen LogP) is 8.86. The van der Waals surface area contributed by atoms with Crippen LogP contribution in [0, 0.1) is 50.7 Å². The minimum Gasteiger partial charge on any atom is -0.481 e. The summed E-state index contributed by atoms with van der Waals surface area (Å²) in [6.45, 7) is 20.8. The fourth-order valence-corrected chi connectivity index (χ4v) is 13.3. The van der Waals surface area contributed by atoms with Crippen molar-refractivity contribution in [3.8, 4) is 0 Å². The minimum atomic E-state index is -1.18. The standard InChI is InChI=1S/C45H65ClN6O6/c1-26(2)34-29(53)22-45(36-49-50-39(58-36)52(21-20-51(10)11)38-47-24-27(46)25-48-38)19-18-43(8)28(35(34)45)12-13-31-42(7)16-15-32(57-33(54)23-40(3,4)37(55)56)41(5,6)30(42)14-17-44(31,43)9/h24-26,28,30-32H,12-23H2,1-11H3,(H,55,56)/t28-,30+,31-,32+,42+,43-,44-,45-/m1/s1. The number of carbonyl (C=O) groups is 3. The van der Waals surface area contributed by atoms with Gasteiger partial charge < -0.3 is 19.2 Å². The third kappa shape index (κ3) is 6.61. The van der Waals surface area contributed by atoms with Crippen molar-refractivity contribution in [2.24, 2.45) is 50.7 Å². The molecule has 5 aliphatic rings. The van der Waals surface area contributed by atoms with E-state index in [0.29, 0.717) is 54.2 Å². The largest absolute Gasteiger partial charge is 0.481 e. The molecule has 2 aromatic rings. The molecular weight excluding hydrogens is 756 g/mol. The molecule has 0 radical (unpaired) electrons. The van der Waals surface area contributed by atoms with Gasteiger partial charge >= 0.3 is 18.0 Å². The molecule has 58 heavy (non-hydrogen) atoms. The average Bonchev–Trinajstić information content (AvgIpc) is 3.74. The van der Waals surface area contributed by atoms with Crippen molar-refractivity contribution in [2.45, 2.75) is 138 Å². The maximum absolute atomic E-state index is 14.3. The number of carboxylic acid groups (broad SMARTS) is 1. The van der Waals surface area contributed by atoms with Gasteiger partial charge in [0.05, 0.1) is 34.7 Å². The van der Waals surface area contributed by atoms with Gasteiger partial charge in [-0.2, -0.15) is 0 Å². The van der Waals surface area contributed by atoms with E-state index in [-0.39, 0.29) is 51.8 Å². The number of ketones is 1. The average molecular weight is 822 g/mol. The van der Waals surface area contributed by atoms with E-state index in [9.17, 15) is 19.5 Å². The first-order valence-corrected chi connectivity index (χ1v) is 21.8. The number of esters is 1. The number of carbonyl (C=O) groups excluding carboxylic acids is 2. The van der Waals surface area contributed by atoms with E-state index in [0.717, 1.165) is 56.9 Å². The van der Waals surface area contributed by atoms with Gasteiger partial charge in [0.15, 0.2) is 5.78 Å². The molecule has 0 unspecified atom stereocenters. The van der Waals surface area contributed by atoms with Crippen LogP contribution in [0.4, 0.5) is 12.0 Å². The highest BCUT2D eigenvalue weighted by Crippen LogP contribution is 2.77. The monoisotopic (exact) mass is 820 g/mol. The Morgan fingerprint density at radius 1 is 0.948 bits per heavy atom. The molecule has 2 aromatic heterocycles. The summed E-state index contributed by atoms with van der Waals surface area (Å²) in [5.41, 5.74) is 0.0592. The molecule has 13 heteroatoms. The van der Waals surface area contributed by atoms with Gasteiger partial charge in [-0.1, -0.05) is 65.2 Å². The van der Waals surface area contributed by atoms with Gasteiger partial charge in [-0.3, -0.25) is 19.3 Å². The van der Waals surface area contributed by atoms with Crippen LogP contribution < -0.4 is 4.90 Å². The van der Waals surface area contributed by atoms with Crippen LogP contribution in [0.5, 0.6) is 0 Å². The number of Topliss-reactive ketones (excluding diaryl/α,β-unsaturated/α-hetero) is 1. The maximum Gasteiger partial charge on any atom is 0.325 e. The maximum atomic E-state index is 14.3. The summed E-state index contributed by atoms with van der Waals surface area (Å²) in [5.74, 6) is 0.749. The van der Waals surface area contributed by atoms with E-state index in [2.05, 4.69) is 68.4 Å². The number of anilines is 2. The molecule has 0 amide bonds. The molecule has 318 valence electrons. The molecule has 0 spiro atoms. The number of hydrogen-bond acceptors (Lipinski definition) is 11. The zero-order valence-electron chi connectivity index (χ0n) is 36.6. The Hall–Kier alpha value is -3.38. The highest BCUT2D eigenvalue weighted by atomic mass is 35.5. The van der Waals surface area contributed by atoms with Gasteiger partial charge in [0.2, 0.25) is 11.8 Å². The number of halogens is 1. The van der Waals surface area contributed by atoms with E-state index >= 15 is 0 Å². The number of rotatable bonds is 11. The quantitative estimate of drug-likeness (QED) is 0.216. The van der Waals surface area contributed by atoms with Crippen LogP contribution in [0.25, 0.3) is 0 Å². The van der Waals surface area contributed by atoms with Crippen molar-refractivity contribution in [3.63, 3.8) is 0 Å². The molecule has 5 aliphatic carbocycles. The molecule has 8 atom stereocenters. The summed E-state index contributed by atoms with van der Waals surface area (Å²) in [6, 6.07) is 0.308. The molecule has 0 aliphatic heterocycles. The highest BCUT2D eigenvalue weighted by Gasteiger charge is 2.71. The summed E-state index contributed by atoms with van der Waals surface area (Å²) >= 11 is 6.16. The van der Waals surface area contributed by atoms with E-state index in [1.165, 1.54) is 5.57 Å². The van der Waals surface area contributed by atoms with Gasteiger partial charge in [-0.05, 0) is 130 Å². The van der Waals surface area contributed by atoms with Crippen LogP contribution in [0.3, 0.4) is 0 Å². The van der Waals surface area contributed by atoms with Gasteiger partial charge in [0.25, 0.3) is 0 Å². The van der Waals surface area contributed by atoms with Gasteiger partial charge in [0, 0.05) is 24.9 Å². The Bertz CT molecular complexity index is 1980. The Balaban J connectivity index is 1.21. The Labute approximate surface area is 349 Å². The van der Waals surface area contributed by atoms with Crippen molar-refractivity contribution in [2.75, 3.05) is 32.1 Å². The lowest BCUT2D eigenvalue weighted by Crippen LogP contribution is -2.66. The van der Waals surface area contributed by atoms with Gasteiger partial charge in [-0.15, -0.1) is 5.10 Å². The number of carboxylic acids is 1. The lowest BCUT2D eigenvalue weighted by atomic mass is 9.33. The first kappa shape index (κ1) is 42.7. The third-order valence-electron chi connectivity index (χ3n) is 16.5. The van der Waals surface area contributed by atoms with Crippen LogP contribution in [0.2, 0.25) is 5.02 Å². The second-order valence-corrected chi connectivity index (χ2v) is 21.5. The van der Waals surface area contributed by atoms with Crippen molar-refractivity contribution in [1.82, 2.24) is 25.1 Å². The number of hydrogen-bond donors (Lipinski definition) is 1. The molecule has 4 saturated carbocycles. The number of ether oxygens (including phenoxy) is 1. The fraction of sp³-hybridized carbons (Fsp3) is 0.756. The van der Waals surface area contributed by atoms with Gasteiger partial charge in [0.1, 0.15) is 6.10 Å². The molecule has 1 N–H and O–H groups in total. The first-order valence-electron chi connectivity index (χ1n) is 21.5. The normalized spacial score (nSPS) is 34.3. The second kappa shape index (κ2) is 14.7. The van der Waals surface area contributed by atoms with Crippen molar-refractivity contribution in [3.05, 3.63) is 34.5 Å².